The smallest absolute Gasteiger partial charge is 0.182 e. The minimum atomic E-state index is 0.380. The van der Waals surface area contributed by atoms with Crippen LogP contribution >= 0.6 is 15.9 Å². The van der Waals surface area contributed by atoms with Crippen LogP contribution in [0.3, 0.4) is 0 Å². The van der Waals surface area contributed by atoms with Gasteiger partial charge in [-0.2, -0.15) is 0 Å². The highest BCUT2D eigenvalue weighted by Gasteiger charge is 2.12. The molecule has 84 valence electrons. The summed E-state index contributed by atoms with van der Waals surface area (Å²) < 4.78 is 2.86. The zero-order valence-electron chi connectivity index (χ0n) is 9.26. The van der Waals surface area contributed by atoms with Crippen LogP contribution in [0.1, 0.15) is 26.3 Å². The molecule has 0 aliphatic heterocycles. The third-order valence-electron chi connectivity index (χ3n) is 2.58. The van der Waals surface area contributed by atoms with Crippen LogP contribution in [0, 0.1) is 0 Å². The molecule has 0 saturated carbocycles. The first-order valence-corrected chi connectivity index (χ1v) is 6.04. The monoisotopic (exact) mass is 280 g/mol. The van der Waals surface area contributed by atoms with Gasteiger partial charge in [0.25, 0.3) is 0 Å². The van der Waals surface area contributed by atoms with Crippen LogP contribution in [0.15, 0.2) is 29.1 Å². The molecule has 2 heterocycles. The molecule has 0 N–H and O–H groups in total. The Bertz CT molecular complexity index is 480. The molecule has 0 spiro atoms. The van der Waals surface area contributed by atoms with Gasteiger partial charge in [-0.3, -0.25) is 0 Å². The average Bonchev–Trinajstić information content (AvgIpc) is 2.77. The molecule has 0 aliphatic rings. The van der Waals surface area contributed by atoms with Crippen molar-refractivity contribution in [2.24, 2.45) is 0 Å². The Morgan fingerprint density at radius 3 is 2.94 bits per heavy atom. The van der Waals surface area contributed by atoms with Crippen molar-refractivity contribution in [2.45, 2.75) is 26.3 Å². The van der Waals surface area contributed by atoms with Gasteiger partial charge >= 0.3 is 0 Å². The van der Waals surface area contributed by atoms with Gasteiger partial charge < -0.3 is 4.57 Å². The highest BCUT2D eigenvalue weighted by Crippen LogP contribution is 2.21. The number of nitrogens with zero attached hydrogens (tertiary/aromatic N) is 4. The second-order valence-corrected chi connectivity index (χ2v) is 4.48. The molecular weight excluding hydrogens is 268 g/mol. The van der Waals surface area contributed by atoms with E-state index in [1.54, 1.807) is 6.33 Å². The summed E-state index contributed by atoms with van der Waals surface area (Å²) in [4.78, 5) is 4.39. The van der Waals surface area contributed by atoms with E-state index in [1.165, 1.54) is 0 Å². The number of hydrogen-bond donors (Lipinski definition) is 0. The maximum absolute atomic E-state index is 4.39. The zero-order chi connectivity index (χ0) is 11.5. The van der Waals surface area contributed by atoms with Crippen LogP contribution in [-0.2, 0) is 0 Å². The zero-order valence-corrected chi connectivity index (χ0v) is 10.8. The van der Waals surface area contributed by atoms with Crippen molar-refractivity contribution in [1.29, 1.82) is 0 Å². The summed E-state index contributed by atoms with van der Waals surface area (Å²) >= 11 is 3.36. The van der Waals surface area contributed by atoms with Crippen LogP contribution < -0.4 is 0 Å². The van der Waals surface area contributed by atoms with E-state index in [9.17, 15) is 0 Å². The summed E-state index contributed by atoms with van der Waals surface area (Å²) in [7, 11) is 0. The highest BCUT2D eigenvalue weighted by atomic mass is 79.9. The Kier molecular flexibility index (Phi) is 3.33. The van der Waals surface area contributed by atoms with Crippen LogP contribution in [0.4, 0.5) is 0 Å². The number of hydrogen-bond acceptors (Lipinski definition) is 3. The van der Waals surface area contributed by atoms with Gasteiger partial charge in [-0.25, -0.2) is 4.98 Å². The SMILES string of the molecule is CC[C@H](C)n1cnnc1-c1cccc(Br)n1. The number of halogens is 1. The molecule has 4 nitrogen and oxygen atoms in total. The van der Waals surface area contributed by atoms with E-state index in [4.69, 9.17) is 0 Å². The lowest BCUT2D eigenvalue weighted by molar-refractivity contribution is 0.533. The molecule has 0 radical (unpaired) electrons. The van der Waals surface area contributed by atoms with Crippen molar-refractivity contribution < 1.29 is 0 Å². The predicted octanol–water partition coefficient (Wildman–Crippen LogP) is 3.07. The molecule has 0 fully saturated rings. The lowest BCUT2D eigenvalue weighted by Crippen LogP contribution is -2.05. The fraction of sp³-hybridized carbons (Fsp3) is 0.364. The Balaban J connectivity index is 2.44. The summed E-state index contributed by atoms with van der Waals surface area (Å²) in [6.45, 7) is 4.29. The van der Waals surface area contributed by atoms with Crippen LogP contribution in [0.25, 0.3) is 11.5 Å². The molecule has 0 aromatic carbocycles. The number of aromatic nitrogens is 4. The second kappa shape index (κ2) is 4.74. The molecular formula is C11H13BrN4. The summed E-state index contributed by atoms with van der Waals surface area (Å²) in [5.41, 5.74) is 0.840. The number of rotatable bonds is 3. The van der Waals surface area contributed by atoms with E-state index >= 15 is 0 Å². The minimum Gasteiger partial charge on any atom is -0.309 e. The molecule has 0 bridgehead atoms. The van der Waals surface area contributed by atoms with E-state index < -0.39 is 0 Å². The first-order valence-electron chi connectivity index (χ1n) is 5.24. The predicted molar refractivity (Wildman–Crippen MR) is 66.0 cm³/mol. The van der Waals surface area contributed by atoms with Gasteiger partial charge in [0.2, 0.25) is 0 Å². The molecule has 5 heteroatoms. The molecule has 1 atom stereocenters. The van der Waals surface area contributed by atoms with Crippen molar-refractivity contribution in [2.75, 3.05) is 0 Å². The van der Waals surface area contributed by atoms with E-state index in [0.29, 0.717) is 6.04 Å². The molecule has 0 saturated heterocycles. The highest BCUT2D eigenvalue weighted by molar-refractivity contribution is 9.10. The van der Waals surface area contributed by atoms with Gasteiger partial charge in [0.1, 0.15) is 16.6 Å². The second-order valence-electron chi connectivity index (χ2n) is 3.66. The quantitative estimate of drug-likeness (QED) is 0.812. The van der Waals surface area contributed by atoms with Gasteiger partial charge in [0.05, 0.1) is 0 Å². The van der Waals surface area contributed by atoms with Crippen molar-refractivity contribution in [1.82, 2.24) is 19.7 Å². The molecule has 0 aliphatic carbocycles. The largest absolute Gasteiger partial charge is 0.309 e. The van der Waals surface area contributed by atoms with Crippen LogP contribution in [-0.4, -0.2) is 19.7 Å². The molecule has 2 aromatic heterocycles. The fourth-order valence-corrected chi connectivity index (χ4v) is 1.82. The first kappa shape index (κ1) is 11.3. The van der Waals surface area contributed by atoms with Gasteiger partial charge in [-0.1, -0.05) is 13.0 Å². The summed E-state index contributed by atoms with van der Waals surface area (Å²) in [5, 5.41) is 8.08. The van der Waals surface area contributed by atoms with Crippen LogP contribution in [0.5, 0.6) is 0 Å². The lowest BCUT2D eigenvalue weighted by atomic mass is 10.2. The summed E-state index contributed by atoms with van der Waals surface area (Å²) in [5.74, 6) is 0.815. The van der Waals surface area contributed by atoms with E-state index in [0.717, 1.165) is 22.5 Å². The average molecular weight is 281 g/mol. The Hall–Kier alpha value is -1.23. The Morgan fingerprint density at radius 1 is 1.44 bits per heavy atom. The molecule has 0 amide bonds. The fourth-order valence-electron chi connectivity index (χ4n) is 1.48. The topological polar surface area (TPSA) is 43.6 Å². The van der Waals surface area contributed by atoms with Crippen LogP contribution in [0.2, 0.25) is 0 Å². The van der Waals surface area contributed by atoms with Crippen molar-refractivity contribution in [3.63, 3.8) is 0 Å². The maximum Gasteiger partial charge on any atom is 0.182 e. The van der Waals surface area contributed by atoms with Crippen molar-refractivity contribution >= 4 is 15.9 Å². The summed E-state index contributed by atoms with van der Waals surface area (Å²) in [6.07, 6.45) is 2.80. The molecule has 2 aromatic rings. The van der Waals surface area contributed by atoms with Crippen molar-refractivity contribution in [3.05, 3.63) is 29.1 Å². The molecule has 2 rings (SSSR count). The molecule has 0 unspecified atom stereocenters. The summed E-state index contributed by atoms with van der Waals surface area (Å²) in [6, 6.07) is 6.16. The molecule has 16 heavy (non-hydrogen) atoms. The Labute approximate surface area is 103 Å². The van der Waals surface area contributed by atoms with E-state index in [2.05, 4.69) is 49.5 Å². The van der Waals surface area contributed by atoms with Crippen molar-refractivity contribution in [3.8, 4) is 11.5 Å². The van der Waals surface area contributed by atoms with E-state index in [1.807, 2.05) is 18.2 Å². The third-order valence-corrected chi connectivity index (χ3v) is 3.02. The normalized spacial score (nSPS) is 12.7. The van der Waals surface area contributed by atoms with E-state index in [-0.39, 0.29) is 0 Å². The number of pyridine rings is 1. The van der Waals surface area contributed by atoms with Gasteiger partial charge in [-0.05, 0) is 41.4 Å². The van der Waals surface area contributed by atoms with Gasteiger partial charge in [0, 0.05) is 6.04 Å². The standard InChI is InChI=1S/C11H13BrN4/c1-3-8(2)16-7-13-15-11(16)9-5-4-6-10(12)14-9/h4-8H,3H2,1-2H3/t8-/m0/s1. The Morgan fingerprint density at radius 2 is 2.25 bits per heavy atom. The van der Waals surface area contributed by atoms with Gasteiger partial charge in [0.15, 0.2) is 5.82 Å². The third kappa shape index (κ3) is 2.14. The maximum atomic E-state index is 4.39. The minimum absolute atomic E-state index is 0.380. The first-order chi connectivity index (χ1) is 7.72. The van der Waals surface area contributed by atoms with Gasteiger partial charge in [-0.15, -0.1) is 10.2 Å². The lowest BCUT2D eigenvalue weighted by Gasteiger charge is -2.12.